The second-order valence-corrected chi connectivity index (χ2v) is 5.09. The quantitative estimate of drug-likeness (QED) is 0.510. The van der Waals surface area contributed by atoms with Crippen molar-refractivity contribution in [1.29, 1.82) is 0 Å². The maximum absolute atomic E-state index is 11.2. The number of rotatable bonds is 3. The van der Waals surface area contributed by atoms with Gasteiger partial charge in [0.2, 0.25) is 6.41 Å². The fourth-order valence-electron chi connectivity index (χ4n) is 2.17. The summed E-state index contributed by atoms with van der Waals surface area (Å²) >= 11 is 1.09. The second kappa shape index (κ2) is 4.73. The van der Waals surface area contributed by atoms with Crippen molar-refractivity contribution in [2.45, 2.75) is 25.3 Å². The molecule has 96 valence electrons. The first kappa shape index (κ1) is 12.5. The van der Waals surface area contributed by atoms with Crippen molar-refractivity contribution in [1.82, 2.24) is 4.90 Å². The van der Waals surface area contributed by atoms with E-state index in [0.29, 0.717) is 18.4 Å². The van der Waals surface area contributed by atoms with Crippen molar-refractivity contribution < 1.29 is 14.5 Å². The number of hydrogen-bond acceptors (Lipinski definition) is 5. The van der Waals surface area contributed by atoms with E-state index in [2.05, 4.69) is 0 Å². The van der Waals surface area contributed by atoms with Gasteiger partial charge in [0.15, 0.2) is 0 Å². The molecule has 0 fully saturated rings. The van der Waals surface area contributed by atoms with E-state index in [4.69, 9.17) is 5.73 Å². The molecule has 1 aliphatic rings. The van der Waals surface area contributed by atoms with Gasteiger partial charge in [0.25, 0.3) is 0 Å². The molecule has 2 N–H and O–H groups in total. The van der Waals surface area contributed by atoms with Crippen LogP contribution in [-0.4, -0.2) is 22.3 Å². The summed E-state index contributed by atoms with van der Waals surface area (Å²) in [5.41, 5.74) is 5.80. The average Bonchev–Trinajstić information content (AvgIpc) is 2.74. The number of amides is 3. The fourth-order valence-corrected chi connectivity index (χ4v) is 3.25. The van der Waals surface area contributed by atoms with Gasteiger partial charge in [-0.3, -0.25) is 19.8 Å². The molecule has 0 bridgehead atoms. The minimum atomic E-state index is -0.836. The van der Waals surface area contributed by atoms with Crippen molar-refractivity contribution in [2.24, 2.45) is 5.73 Å². The molecule has 1 aromatic heterocycles. The predicted molar refractivity (Wildman–Crippen MR) is 64.1 cm³/mol. The van der Waals surface area contributed by atoms with Crippen LogP contribution in [0.3, 0.4) is 0 Å². The van der Waals surface area contributed by atoms with Gasteiger partial charge in [-0.05, 0) is 24.8 Å². The van der Waals surface area contributed by atoms with E-state index in [9.17, 15) is 19.7 Å². The lowest BCUT2D eigenvalue weighted by Crippen LogP contribution is -2.38. The Bertz CT molecular complexity index is 513. The number of aryl methyl sites for hydroxylation is 1. The summed E-state index contributed by atoms with van der Waals surface area (Å²) in [5.74, 6) is 0. The fraction of sp³-hybridized carbons (Fsp3) is 0.400. The molecule has 0 radical (unpaired) electrons. The smallest absolute Gasteiger partial charge is 0.324 e. The third kappa shape index (κ3) is 2.06. The summed E-state index contributed by atoms with van der Waals surface area (Å²) in [6.07, 6.45) is 2.47. The van der Waals surface area contributed by atoms with E-state index < -0.39 is 17.0 Å². The SMILES string of the molecule is NC(=O)N(C=O)C1CCCc2sc([N+](=O)[O-])cc21. The molecule has 2 rings (SSSR count). The van der Waals surface area contributed by atoms with Gasteiger partial charge in [-0.1, -0.05) is 11.3 Å². The Balaban J connectivity index is 2.40. The normalized spacial score (nSPS) is 17.9. The van der Waals surface area contributed by atoms with Crippen molar-refractivity contribution in [3.8, 4) is 0 Å². The predicted octanol–water partition coefficient (Wildman–Crippen LogP) is 1.57. The number of primary amides is 1. The zero-order valence-electron chi connectivity index (χ0n) is 9.37. The Morgan fingerprint density at radius 1 is 1.67 bits per heavy atom. The number of carbonyl (C=O) groups excluding carboxylic acids is 2. The zero-order valence-corrected chi connectivity index (χ0v) is 10.2. The number of hydrogen-bond donors (Lipinski definition) is 1. The summed E-state index contributed by atoms with van der Waals surface area (Å²) < 4.78 is 0. The molecule has 0 saturated carbocycles. The number of urea groups is 1. The van der Waals surface area contributed by atoms with Crippen molar-refractivity contribution >= 4 is 28.8 Å². The number of nitrogens with two attached hydrogens (primary N) is 1. The molecular weight excluding hydrogens is 258 g/mol. The van der Waals surface area contributed by atoms with E-state index in [1.165, 1.54) is 6.07 Å². The van der Waals surface area contributed by atoms with Crippen molar-refractivity contribution in [3.63, 3.8) is 0 Å². The first-order valence-electron chi connectivity index (χ1n) is 5.34. The standard InChI is InChI=1S/C10H11N3O4S/c11-10(15)12(5-14)7-2-1-3-8-6(7)4-9(18-8)13(16)17/h4-5,7H,1-3H2,(H2,11,15). The van der Waals surface area contributed by atoms with E-state index >= 15 is 0 Å². The van der Waals surface area contributed by atoms with Crippen LogP contribution in [-0.2, 0) is 11.2 Å². The number of imide groups is 1. The summed E-state index contributed by atoms with van der Waals surface area (Å²) in [6, 6.07) is 0.119. The number of nitro groups is 1. The number of thiophene rings is 1. The number of carbonyl (C=O) groups is 2. The molecule has 0 saturated heterocycles. The summed E-state index contributed by atoms with van der Waals surface area (Å²) in [6.45, 7) is 0. The third-order valence-electron chi connectivity index (χ3n) is 2.95. The molecule has 18 heavy (non-hydrogen) atoms. The molecule has 1 heterocycles. The van der Waals surface area contributed by atoms with Gasteiger partial charge < -0.3 is 5.73 Å². The van der Waals surface area contributed by atoms with Crippen LogP contribution in [0.2, 0.25) is 0 Å². The number of fused-ring (bicyclic) bond motifs is 1. The third-order valence-corrected chi connectivity index (χ3v) is 4.12. The molecule has 1 aromatic rings. The zero-order chi connectivity index (χ0) is 13.3. The second-order valence-electron chi connectivity index (χ2n) is 3.98. The average molecular weight is 269 g/mol. The molecule has 1 aliphatic carbocycles. The van der Waals surface area contributed by atoms with E-state index in [1.807, 2.05) is 0 Å². The van der Waals surface area contributed by atoms with Gasteiger partial charge in [-0.25, -0.2) is 4.79 Å². The molecule has 8 heteroatoms. The lowest BCUT2D eigenvalue weighted by molar-refractivity contribution is -0.380. The van der Waals surface area contributed by atoms with Gasteiger partial charge in [0.05, 0.1) is 11.0 Å². The van der Waals surface area contributed by atoms with Crippen LogP contribution < -0.4 is 5.73 Å². The summed E-state index contributed by atoms with van der Waals surface area (Å²) in [4.78, 5) is 34.1. The van der Waals surface area contributed by atoms with Crippen molar-refractivity contribution in [2.75, 3.05) is 0 Å². The molecule has 1 atom stereocenters. The highest BCUT2D eigenvalue weighted by atomic mass is 32.1. The lowest BCUT2D eigenvalue weighted by atomic mass is 9.93. The lowest BCUT2D eigenvalue weighted by Gasteiger charge is -2.28. The van der Waals surface area contributed by atoms with Crippen LogP contribution in [0, 0.1) is 10.1 Å². The monoisotopic (exact) mass is 269 g/mol. The largest absolute Gasteiger partial charge is 0.351 e. The maximum atomic E-state index is 11.2. The molecule has 0 aromatic carbocycles. The summed E-state index contributed by atoms with van der Waals surface area (Å²) in [5, 5.41) is 10.8. The van der Waals surface area contributed by atoms with E-state index in [0.717, 1.165) is 34.0 Å². The first-order valence-corrected chi connectivity index (χ1v) is 6.16. The van der Waals surface area contributed by atoms with Crippen LogP contribution in [0.25, 0.3) is 0 Å². The highest BCUT2D eigenvalue weighted by Gasteiger charge is 2.31. The molecule has 3 amide bonds. The van der Waals surface area contributed by atoms with Crippen LogP contribution in [0.1, 0.15) is 29.3 Å². The molecule has 7 nitrogen and oxygen atoms in total. The van der Waals surface area contributed by atoms with Crippen LogP contribution in [0.4, 0.5) is 9.80 Å². The van der Waals surface area contributed by atoms with E-state index in [-0.39, 0.29) is 5.00 Å². The Kier molecular flexibility index (Phi) is 3.28. The molecule has 0 aliphatic heterocycles. The van der Waals surface area contributed by atoms with Crippen LogP contribution in [0.5, 0.6) is 0 Å². The Labute approximate surface area is 106 Å². The van der Waals surface area contributed by atoms with Gasteiger partial charge in [-0.2, -0.15) is 0 Å². The molecular formula is C10H11N3O4S. The highest BCUT2D eigenvalue weighted by Crippen LogP contribution is 2.41. The van der Waals surface area contributed by atoms with Gasteiger partial charge in [-0.15, -0.1) is 0 Å². The van der Waals surface area contributed by atoms with Gasteiger partial charge in [0.1, 0.15) is 0 Å². The minimum Gasteiger partial charge on any atom is -0.351 e. The summed E-state index contributed by atoms with van der Waals surface area (Å²) in [7, 11) is 0. The molecule has 1 unspecified atom stereocenters. The first-order chi connectivity index (χ1) is 8.54. The van der Waals surface area contributed by atoms with Crippen LogP contribution >= 0.6 is 11.3 Å². The Morgan fingerprint density at radius 3 is 2.94 bits per heavy atom. The Morgan fingerprint density at radius 2 is 2.39 bits per heavy atom. The minimum absolute atomic E-state index is 0.0298. The number of nitrogens with zero attached hydrogens (tertiary/aromatic N) is 2. The van der Waals surface area contributed by atoms with Gasteiger partial charge >= 0.3 is 11.0 Å². The molecule has 0 spiro atoms. The topological polar surface area (TPSA) is 107 Å². The van der Waals surface area contributed by atoms with Crippen LogP contribution in [0.15, 0.2) is 6.07 Å². The van der Waals surface area contributed by atoms with E-state index in [1.54, 1.807) is 0 Å². The highest BCUT2D eigenvalue weighted by molar-refractivity contribution is 7.15. The maximum Gasteiger partial charge on any atom is 0.324 e. The van der Waals surface area contributed by atoms with Gasteiger partial charge in [0, 0.05) is 10.9 Å². The Hall–Kier alpha value is -1.96. The van der Waals surface area contributed by atoms with Crippen molar-refractivity contribution in [3.05, 3.63) is 26.6 Å².